The van der Waals surface area contributed by atoms with Crippen LogP contribution in [-0.2, 0) is 65.4 Å². The van der Waals surface area contributed by atoms with E-state index in [9.17, 15) is 0 Å². The summed E-state index contributed by atoms with van der Waals surface area (Å²) in [5, 5.41) is 4.52. The molecular formula is C18H20Y2-2. The van der Waals surface area contributed by atoms with Crippen LogP contribution in [0.25, 0.3) is 21.5 Å². The molecule has 0 atom stereocenters. The molecule has 0 saturated carbocycles. The predicted octanol–water partition coefficient (Wildman–Crippen LogP) is 5.64. The first-order valence-electron chi connectivity index (χ1n) is 6.65. The van der Waals surface area contributed by atoms with Crippen molar-refractivity contribution in [2.24, 2.45) is 0 Å². The Balaban J connectivity index is 0. The van der Waals surface area contributed by atoms with Crippen molar-refractivity contribution in [1.29, 1.82) is 0 Å². The molecule has 3 aromatic carbocycles. The van der Waals surface area contributed by atoms with Crippen LogP contribution >= 0.6 is 0 Å². The van der Waals surface area contributed by atoms with Gasteiger partial charge in [-0.25, -0.2) is 0 Å². The third-order valence-electron chi connectivity index (χ3n) is 2.39. The molecule has 100 valence electrons. The maximum atomic E-state index is 3.38. The standard InChI is InChI=1S/C14H8.2C2H6.2Y/c1-2-6-12-10-14-8-4-3-7-13(14)9-11(12)5-1;2*1-2;;/h1-8H;2*1-2H3;;/q-2;;;;. The van der Waals surface area contributed by atoms with E-state index in [-0.39, 0.29) is 65.4 Å². The minimum absolute atomic E-state index is 0. The first-order chi connectivity index (χ1) is 8.93. The van der Waals surface area contributed by atoms with Crippen LogP contribution in [-0.4, -0.2) is 0 Å². The minimum Gasteiger partial charge on any atom is -0.199 e. The van der Waals surface area contributed by atoms with E-state index >= 15 is 0 Å². The maximum Gasteiger partial charge on any atom is 0 e. The van der Waals surface area contributed by atoms with E-state index in [0.717, 1.165) is 21.5 Å². The Morgan fingerprint density at radius 3 is 0.900 bits per heavy atom. The van der Waals surface area contributed by atoms with Gasteiger partial charge < -0.3 is 0 Å². The van der Waals surface area contributed by atoms with Gasteiger partial charge in [-0.2, -0.15) is 57.9 Å². The fraction of sp³-hybridized carbons (Fsp3) is 0.222. The summed E-state index contributed by atoms with van der Waals surface area (Å²) in [4.78, 5) is 0. The first kappa shape index (κ1) is 22.7. The quantitative estimate of drug-likeness (QED) is 0.330. The molecule has 0 aromatic heterocycles. The van der Waals surface area contributed by atoms with Crippen LogP contribution in [0.1, 0.15) is 27.7 Å². The van der Waals surface area contributed by atoms with Gasteiger partial charge in [0.05, 0.1) is 0 Å². The molecule has 0 saturated heterocycles. The van der Waals surface area contributed by atoms with E-state index in [1.807, 2.05) is 52.0 Å². The zero-order chi connectivity index (χ0) is 13.4. The summed E-state index contributed by atoms with van der Waals surface area (Å²) >= 11 is 0. The van der Waals surface area contributed by atoms with Crippen molar-refractivity contribution in [2.45, 2.75) is 27.7 Å². The summed E-state index contributed by atoms with van der Waals surface area (Å²) in [5.41, 5.74) is 0. The number of benzene rings is 3. The maximum absolute atomic E-state index is 3.38. The summed E-state index contributed by atoms with van der Waals surface area (Å²) in [5.74, 6) is 0. The van der Waals surface area contributed by atoms with Crippen LogP contribution in [0.15, 0.2) is 48.5 Å². The van der Waals surface area contributed by atoms with E-state index in [2.05, 4.69) is 36.4 Å². The second-order valence-corrected chi connectivity index (χ2v) is 3.34. The zero-order valence-electron chi connectivity index (χ0n) is 12.8. The van der Waals surface area contributed by atoms with Gasteiger partial charge in [-0.3, -0.25) is 0 Å². The monoisotopic (exact) mass is 414 g/mol. The summed E-state index contributed by atoms with van der Waals surface area (Å²) in [6, 6.07) is 23.1. The Morgan fingerprint density at radius 1 is 0.500 bits per heavy atom. The van der Waals surface area contributed by atoms with Gasteiger partial charge in [0.25, 0.3) is 0 Å². The van der Waals surface area contributed by atoms with Crippen LogP contribution < -0.4 is 0 Å². The largest absolute Gasteiger partial charge is 0.199 e. The molecule has 0 spiro atoms. The molecule has 0 bridgehead atoms. The normalized spacial score (nSPS) is 8.20. The van der Waals surface area contributed by atoms with Gasteiger partial charge in [-0.15, -0.1) is 24.3 Å². The molecule has 0 N–H and O–H groups in total. The fourth-order valence-corrected chi connectivity index (χ4v) is 1.69. The van der Waals surface area contributed by atoms with Gasteiger partial charge >= 0.3 is 0 Å². The third-order valence-corrected chi connectivity index (χ3v) is 2.39. The van der Waals surface area contributed by atoms with Crippen molar-refractivity contribution in [3.05, 3.63) is 60.7 Å². The van der Waals surface area contributed by atoms with Crippen LogP contribution in [0.5, 0.6) is 0 Å². The molecule has 2 heteroatoms. The molecule has 2 radical (unpaired) electrons. The molecule has 0 fully saturated rings. The molecule has 0 unspecified atom stereocenters. The van der Waals surface area contributed by atoms with E-state index in [0.29, 0.717) is 0 Å². The van der Waals surface area contributed by atoms with E-state index in [1.54, 1.807) is 0 Å². The van der Waals surface area contributed by atoms with Gasteiger partial charge in [0.15, 0.2) is 0 Å². The summed E-state index contributed by atoms with van der Waals surface area (Å²) < 4.78 is 0. The summed E-state index contributed by atoms with van der Waals surface area (Å²) in [6.07, 6.45) is 0. The average Bonchev–Trinajstić information content (AvgIpc) is 2.49. The van der Waals surface area contributed by atoms with Crippen molar-refractivity contribution in [3.63, 3.8) is 0 Å². The first-order valence-corrected chi connectivity index (χ1v) is 6.65. The summed E-state index contributed by atoms with van der Waals surface area (Å²) in [7, 11) is 0. The Bertz CT molecular complexity index is 498. The molecule has 0 aliphatic heterocycles. The van der Waals surface area contributed by atoms with Gasteiger partial charge in [0.1, 0.15) is 0 Å². The van der Waals surface area contributed by atoms with E-state index < -0.39 is 0 Å². The topological polar surface area (TPSA) is 0 Å². The van der Waals surface area contributed by atoms with Crippen LogP contribution in [0, 0.1) is 12.1 Å². The van der Waals surface area contributed by atoms with E-state index in [1.165, 1.54) is 0 Å². The molecule has 0 aliphatic rings. The Morgan fingerprint density at radius 2 is 0.700 bits per heavy atom. The Labute approximate surface area is 173 Å². The van der Waals surface area contributed by atoms with Gasteiger partial charge in [0.2, 0.25) is 0 Å². The van der Waals surface area contributed by atoms with Crippen molar-refractivity contribution in [3.8, 4) is 0 Å². The molecule has 0 amide bonds. The van der Waals surface area contributed by atoms with Crippen LogP contribution in [0.4, 0.5) is 0 Å². The van der Waals surface area contributed by atoms with Gasteiger partial charge in [-0.05, 0) is 0 Å². The van der Waals surface area contributed by atoms with E-state index in [4.69, 9.17) is 0 Å². The van der Waals surface area contributed by atoms with Crippen molar-refractivity contribution < 1.29 is 65.4 Å². The van der Waals surface area contributed by atoms with Gasteiger partial charge in [-0.1, -0.05) is 27.7 Å². The van der Waals surface area contributed by atoms with Crippen molar-refractivity contribution in [2.75, 3.05) is 0 Å². The second kappa shape index (κ2) is 13.1. The minimum atomic E-state index is 0. The predicted molar refractivity (Wildman–Crippen MR) is 81.8 cm³/mol. The Hall–Kier alpha value is 0.388. The molecule has 20 heavy (non-hydrogen) atoms. The number of fused-ring (bicyclic) bond motifs is 2. The number of hydrogen-bond acceptors (Lipinski definition) is 0. The molecule has 0 heterocycles. The smallest absolute Gasteiger partial charge is 0 e. The van der Waals surface area contributed by atoms with Crippen molar-refractivity contribution >= 4 is 21.5 Å². The fourth-order valence-electron chi connectivity index (χ4n) is 1.69. The molecule has 3 rings (SSSR count). The second-order valence-electron chi connectivity index (χ2n) is 3.34. The summed E-state index contributed by atoms with van der Waals surface area (Å²) in [6.45, 7) is 8.00. The Kier molecular flexibility index (Phi) is 14.8. The van der Waals surface area contributed by atoms with Gasteiger partial charge in [0, 0.05) is 65.4 Å². The SMILES string of the molecule is CC.CC.[Y].[Y].[c-]1c2ccccc2[c-]c2ccccc12. The third kappa shape index (κ3) is 6.02. The van der Waals surface area contributed by atoms with Crippen LogP contribution in [0.2, 0.25) is 0 Å². The number of hydrogen-bond donors (Lipinski definition) is 0. The van der Waals surface area contributed by atoms with Crippen LogP contribution in [0.3, 0.4) is 0 Å². The average molecular weight is 414 g/mol. The number of rotatable bonds is 0. The molecule has 0 nitrogen and oxygen atoms in total. The zero-order valence-corrected chi connectivity index (χ0v) is 18.5. The van der Waals surface area contributed by atoms with Crippen molar-refractivity contribution in [1.82, 2.24) is 0 Å². The molecule has 3 aromatic rings. The molecular weight excluding hydrogens is 394 g/mol. The molecule has 0 aliphatic carbocycles.